The minimum absolute atomic E-state index is 0.0760. The second-order valence-corrected chi connectivity index (χ2v) is 5.86. The Labute approximate surface area is 152 Å². The van der Waals surface area contributed by atoms with Crippen LogP contribution in [0, 0.1) is 0 Å². The fourth-order valence-corrected chi connectivity index (χ4v) is 2.37. The number of aliphatic hydroxyl groups is 2. The van der Waals surface area contributed by atoms with Gasteiger partial charge in [0.05, 0.1) is 25.8 Å². The van der Waals surface area contributed by atoms with Crippen molar-refractivity contribution in [3.05, 3.63) is 0 Å². The summed E-state index contributed by atoms with van der Waals surface area (Å²) in [4.78, 5) is 26.2. The molecular weight excluding hydrogens is 354 g/mol. The van der Waals surface area contributed by atoms with Crippen LogP contribution in [0.1, 0.15) is 6.42 Å². The summed E-state index contributed by atoms with van der Waals surface area (Å²) in [5, 5.41) is 32.5. The summed E-state index contributed by atoms with van der Waals surface area (Å²) >= 11 is 9.65. The van der Waals surface area contributed by atoms with Crippen LogP contribution in [0.2, 0.25) is 0 Å². The summed E-state index contributed by atoms with van der Waals surface area (Å²) in [6, 6.07) is 0. The first-order valence-electron chi connectivity index (χ1n) is 7.52. The van der Waals surface area contributed by atoms with E-state index in [2.05, 4.69) is 5.32 Å². The maximum atomic E-state index is 11.8. The smallest absolute Gasteiger partial charge is 0.317 e. The molecular formula is C14H25N3O5S2. The summed E-state index contributed by atoms with van der Waals surface area (Å²) in [5.74, 6) is -1.42. The molecule has 0 aromatic carbocycles. The number of hydrogen-bond donors (Lipinski definition) is 4. The molecule has 8 nitrogen and oxygen atoms in total. The van der Waals surface area contributed by atoms with Gasteiger partial charge < -0.3 is 20.6 Å². The second kappa shape index (κ2) is 14.3. The van der Waals surface area contributed by atoms with Crippen molar-refractivity contribution in [1.82, 2.24) is 15.1 Å². The highest BCUT2D eigenvalue weighted by Gasteiger charge is 2.15. The fourth-order valence-electron chi connectivity index (χ4n) is 1.95. The normalized spacial score (nSPS) is 12.2. The van der Waals surface area contributed by atoms with Gasteiger partial charge in [0.25, 0.3) is 0 Å². The minimum Gasteiger partial charge on any atom is -0.480 e. The molecule has 0 spiro atoms. The summed E-state index contributed by atoms with van der Waals surface area (Å²) in [5.41, 5.74) is 0. The van der Waals surface area contributed by atoms with Gasteiger partial charge in [-0.05, 0) is 17.2 Å². The first kappa shape index (κ1) is 23.0. The molecule has 0 aliphatic heterocycles. The summed E-state index contributed by atoms with van der Waals surface area (Å²) < 4.78 is 0. The van der Waals surface area contributed by atoms with E-state index in [1.54, 1.807) is 10.7 Å². The summed E-state index contributed by atoms with van der Waals surface area (Å²) in [6.07, 6.45) is -0.369. The quantitative estimate of drug-likeness (QED) is 0.253. The monoisotopic (exact) mass is 379 g/mol. The van der Waals surface area contributed by atoms with Crippen LogP contribution in [0.25, 0.3) is 0 Å². The van der Waals surface area contributed by atoms with Crippen LogP contribution in [0.5, 0.6) is 0 Å². The van der Waals surface area contributed by atoms with Crippen LogP contribution < -0.4 is 5.32 Å². The van der Waals surface area contributed by atoms with E-state index in [9.17, 15) is 14.7 Å². The van der Waals surface area contributed by atoms with E-state index in [1.165, 1.54) is 4.90 Å². The maximum Gasteiger partial charge on any atom is 0.317 e. The number of nitrogens with zero attached hydrogens (tertiary/aromatic N) is 2. The molecule has 0 heterocycles. The fraction of sp³-hybridized carbons (Fsp3) is 0.714. The van der Waals surface area contributed by atoms with Gasteiger partial charge in [0.15, 0.2) is 0 Å². The van der Waals surface area contributed by atoms with E-state index in [0.717, 1.165) is 0 Å². The molecule has 0 radical (unpaired) electrons. The molecule has 0 aliphatic rings. The number of hydrogen-bond acceptors (Lipinski definition) is 8. The molecule has 0 aliphatic carbocycles. The van der Waals surface area contributed by atoms with Crippen molar-refractivity contribution >= 4 is 47.0 Å². The number of carbonyl (C=O) groups excluding carboxylic acids is 1. The van der Waals surface area contributed by atoms with Crippen LogP contribution >= 0.6 is 24.4 Å². The van der Waals surface area contributed by atoms with E-state index in [4.69, 9.17) is 34.6 Å². The Morgan fingerprint density at radius 2 is 1.67 bits per heavy atom. The minimum atomic E-state index is -1.03. The molecule has 0 saturated heterocycles. The topological polar surface area (TPSA) is 113 Å². The van der Waals surface area contributed by atoms with E-state index >= 15 is 0 Å². The molecule has 0 aromatic heterocycles. The molecule has 10 heteroatoms. The molecule has 138 valence electrons. The Morgan fingerprint density at radius 3 is 2.17 bits per heavy atom. The number of carbonyl (C=O) groups is 2. The van der Waals surface area contributed by atoms with Crippen molar-refractivity contribution in [2.24, 2.45) is 0 Å². The van der Waals surface area contributed by atoms with Gasteiger partial charge in [-0.25, -0.2) is 0 Å². The van der Waals surface area contributed by atoms with Crippen LogP contribution in [0.4, 0.5) is 0 Å². The lowest BCUT2D eigenvalue weighted by atomic mass is 10.3. The van der Waals surface area contributed by atoms with Gasteiger partial charge in [-0.1, -0.05) is 24.4 Å². The Morgan fingerprint density at radius 1 is 1.08 bits per heavy atom. The third-order valence-electron chi connectivity index (χ3n) is 3.09. The number of aliphatic carboxylic acids is 1. The van der Waals surface area contributed by atoms with Gasteiger partial charge in [0, 0.05) is 32.7 Å². The van der Waals surface area contributed by atoms with Gasteiger partial charge in [-0.2, -0.15) is 0 Å². The van der Waals surface area contributed by atoms with Gasteiger partial charge in [0.2, 0.25) is 5.91 Å². The highest BCUT2D eigenvalue weighted by Crippen LogP contribution is 1.96. The molecule has 1 atom stereocenters. The Bertz CT molecular complexity index is 402. The molecule has 0 saturated carbocycles. The molecule has 24 heavy (non-hydrogen) atoms. The zero-order valence-corrected chi connectivity index (χ0v) is 15.1. The number of carboxylic acids is 1. The first-order valence-corrected chi connectivity index (χ1v) is 8.46. The van der Waals surface area contributed by atoms with E-state index < -0.39 is 24.6 Å². The Kier molecular flexibility index (Phi) is 13.7. The Hall–Kier alpha value is -1.04. The van der Waals surface area contributed by atoms with Crippen molar-refractivity contribution in [3.63, 3.8) is 0 Å². The van der Waals surface area contributed by atoms with Crippen LogP contribution in [-0.4, -0.2) is 106 Å². The van der Waals surface area contributed by atoms with Crippen molar-refractivity contribution in [1.29, 1.82) is 0 Å². The molecule has 0 aromatic rings. The SMILES string of the molecule is O=C(O)CN(CCCN(CC=S)CC=S)CC(=O)NCC(O)CO. The largest absolute Gasteiger partial charge is 0.480 e. The van der Waals surface area contributed by atoms with Crippen molar-refractivity contribution in [2.45, 2.75) is 12.5 Å². The van der Waals surface area contributed by atoms with E-state index in [-0.39, 0.29) is 19.6 Å². The molecule has 0 fully saturated rings. The third-order valence-corrected chi connectivity index (χ3v) is 3.38. The van der Waals surface area contributed by atoms with Crippen molar-refractivity contribution in [2.75, 3.05) is 52.4 Å². The molecule has 0 rings (SSSR count). The van der Waals surface area contributed by atoms with Crippen LogP contribution in [0.3, 0.4) is 0 Å². The van der Waals surface area contributed by atoms with Crippen molar-refractivity contribution in [3.8, 4) is 0 Å². The maximum absolute atomic E-state index is 11.8. The lowest BCUT2D eigenvalue weighted by molar-refractivity contribution is -0.138. The zero-order valence-electron chi connectivity index (χ0n) is 13.5. The Balaban J connectivity index is 4.34. The van der Waals surface area contributed by atoms with Gasteiger partial charge in [-0.3, -0.25) is 19.4 Å². The van der Waals surface area contributed by atoms with Gasteiger partial charge in [0.1, 0.15) is 0 Å². The summed E-state index contributed by atoms with van der Waals surface area (Å²) in [7, 11) is 0. The third kappa shape index (κ3) is 12.4. The number of amides is 1. The average Bonchev–Trinajstić information content (AvgIpc) is 2.52. The van der Waals surface area contributed by atoms with Crippen LogP contribution in [-0.2, 0) is 9.59 Å². The first-order chi connectivity index (χ1) is 11.4. The van der Waals surface area contributed by atoms with Crippen molar-refractivity contribution < 1.29 is 24.9 Å². The zero-order chi connectivity index (χ0) is 18.4. The van der Waals surface area contributed by atoms with E-state index in [0.29, 0.717) is 32.6 Å². The molecule has 4 N–H and O–H groups in total. The number of nitrogens with one attached hydrogen (secondary N) is 1. The lowest BCUT2D eigenvalue weighted by Gasteiger charge is -2.23. The highest BCUT2D eigenvalue weighted by molar-refractivity contribution is 7.79. The molecule has 1 amide bonds. The standard InChI is InChI=1S/C14H25N3O5S2/c18-11-12(19)8-15-13(20)9-17(10-14(21)22)3-1-2-16(4-6-23)5-7-24/h6-7,12,18-19H,1-5,8-11H2,(H,15,20)(H,21,22). The van der Waals surface area contributed by atoms with E-state index in [1.807, 2.05) is 4.90 Å². The lowest BCUT2D eigenvalue weighted by Crippen LogP contribution is -2.43. The summed E-state index contributed by atoms with van der Waals surface area (Å²) in [6.45, 7) is 1.46. The predicted molar refractivity (Wildman–Crippen MR) is 98.5 cm³/mol. The molecule has 1 unspecified atom stereocenters. The number of carboxylic acid groups (broad SMARTS) is 1. The second-order valence-electron chi connectivity index (χ2n) is 5.19. The predicted octanol–water partition coefficient (Wildman–Crippen LogP) is -1.47. The molecule has 0 bridgehead atoms. The average molecular weight is 380 g/mol. The number of thiocarbonyl (C=S) groups is 2. The van der Waals surface area contributed by atoms with Gasteiger partial charge >= 0.3 is 5.97 Å². The van der Waals surface area contributed by atoms with Gasteiger partial charge in [-0.15, -0.1) is 0 Å². The highest BCUT2D eigenvalue weighted by atomic mass is 32.1. The number of rotatable bonds is 15. The van der Waals surface area contributed by atoms with Crippen LogP contribution in [0.15, 0.2) is 0 Å². The number of aliphatic hydroxyl groups excluding tert-OH is 2.